The number of hydrogen-bond acceptors (Lipinski definition) is 5. The van der Waals surface area contributed by atoms with E-state index in [-0.39, 0.29) is 0 Å². The van der Waals surface area contributed by atoms with Gasteiger partial charge >= 0.3 is 5.63 Å². The number of thiazole rings is 1. The Morgan fingerprint density at radius 3 is 2.95 bits per heavy atom. The topological polar surface area (TPSA) is 55.5 Å². The largest absolute Gasteiger partial charge is 0.422 e. The molecule has 0 saturated carbocycles. The van der Waals surface area contributed by atoms with E-state index in [1.54, 1.807) is 19.1 Å². The Kier molecular flexibility index (Phi) is 3.38. The van der Waals surface area contributed by atoms with Crippen molar-refractivity contribution in [1.82, 2.24) is 4.98 Å². The number of rotatable bonds is 2. The van der Waals surface area contributed by atoms with Crippen LogP contribution >= 0.6 is 22.9 Å². The number of hydrogen-bond donors (Lipinski definition) is 0. The third-order valence-electron chi connectivity index (χ3n) is 2.76. The third-order valence-corrected chi connectivity index (χ3v) is 3.77. The Hall–Kier alpha value is -1.98. The molecule has 3 aromatic rings. The molecule has 0 amide bonds. The van der Waals surface area contributed by atoms with Gasteiger partial charge in [0.2, 0.25) is 5.13 Å². The average Bonchev–Trinajstić information content (AvgIpc) is 2.83. The Morgan fingerprint density at radius 1 is 1.40 bits per heavy atom. The van der Waals surface area contributed by atoms with Gasteiger partial charge in [0.1, 0.15) is 9.92 Å². The maximum Gasteiger partial charge on any atom is 0.345 e. The first kappa shape index (κ1) is 13.0. The zero-order chi connectivity index (χ0) is 14.1. The molecule has 6 heteroatoms. The lowest BCUT2D eigenvalue weighted by Crippen LogP contribution is -2.11. The lowest BCUT2D eigenvalue weighted by Gasteiger charge is -2.01. The molecule has 100 valence electrons. The summed E-state index contributed by atoms with van der Waals surface area (Å²) in [6.45, 7) is 1.75. The number of benzene rings is 1. The molecule has 1 aromatic carbocycles. The van der Waals surface area contributed by atoms with Crippen LogP contribution in [-0.4, -0.2) is 10.7 Å². The maximum absolute atomic E-state index is 12.0. The molecule has 4 nitrogen and oxygen atoms in total. The number of aliphatic imine (C=N–C) groups is 1. The van der Waals surface area contributed by atoms with Gasteiger partial charge in [-0.3, -0.25) is 0 Å². The van der Waals surface area contributed by atoms with Crippen LogP contribution in [0, 0.1) is 0 Å². The molecule has 0 aliphatic carbocycles. The van der Waals surface area contributed by atoms with E-state index in [0.29, 0.717) is 26.3 Å². The molecule has 0 N–H and O–H groups in total. The summed E-state index contributed by atoms with van der Waals surface area (Å²) in [5.41, 5.74) is 1.13. The van der Waals surface area contributed by atoms with Crippen LogP contribution in [0.15, 0.2) is 50.7 Å². The molecule has 0 radical (unpaired) electrons. The molecular weight excluding hydrogens is 296 g/mol. The molecule has 2 aromatic heterocycles. The minimum atomic E-state index is -0.410. The molecular formula is C14H9ClN2O2S. The molecule has 0 saturated heterocycles. The van der Waals surface area contributed by atoms with Crippen molar-refractivity contribution in [2.75, 3.05) is 0 Å². The van der Waals surface area contributed by atoms with Gasteiger partial charge in [0, 0.05) is 5.39 Å². The molecule has 0 aliphatic rings. The fourth-order valence-electron chi connectivity index (χ4n) is 1.82. The summed E-state index contributed by atoms with van der Waals surface area (Å²) < 4.78 is 5.83. The molecule has 0 unspecified atom stereocenters. The van der Waals surface area contributed by atoms with Crippen LogP contribution in [0.1, 0.15) is 12.5 Å². The quantitative estimate of drug-likeness (QED) is 0.530. The van der Waals surface area contributed by atoms with Gasteiger partial charge in [-0.1, -0.05) is 41.1 Å². The summed E-state index contributed by atoms with van der Waals surface area (Å²) in [7, 11) is 0. The van der Waals surface area contributed by atoms with Crippen LogP contribution in [-0.2, 0) is 0 Å². The van der Waals surface area contributed by atoms with Gasteiger partial charge in [0.15, 0.2) is 0 Å². The monoisotopic (exact) mass is 304 g/mol. The van der Waals surface area contributed by atoms with E-state index in [4.69, 9.17) is 16.0 Å². The van der Waals surface area contributed by atoms with Gasteiger partial charge < -0.3 is 4.42 Å². The lowest BCUT2D eigenvalue weighted by atomic mass is 10.1. The Labute approximate surface area is 123 Å². The zero-order valence-electron chi connectivity index (χ0n) is 10.5. The van der Waals surface area contributed by atoms with Crippen LogP contribution in [0.25, 0.3) is 11.0 Å². The van der Waals surface area contributed by atoms with Crippen LogP contribution in [0.3, 0.4) is 0 Å². The summed E-state index contributed by atoms with van der Waals surface area (Å²) in [6, 6.07) is 9.13. The molecule has 2 heterocycles. The zero-order valence-corrected chi connectivity index (χ0v) is 12.0. The standard InChI is InChI=1S/C14H9ClN2O2S/c1-8(17-14-16-7-12(15)20-14)10-6-9-4-2-3-5-11(9)19-13(10)18/h2-7H,1H3. The number of para-hydroxylation sites is 1. The fraction of sp³-hybridized carbons (Fsp3) is 0.0714. The number of nitrogens with zero attached hydrogens (tertiary/aromatic N) is 2. The first-order valence-electron chi connectivity index (χ1n) is 5.83. The highest BCUT2D eigenvalue weighted by atomic mass is 35.5. The lowest BCUT2D eigenvalue weighted by molar-refractivity contribution is 0.559. The van der Waals surface area contributed by atoms with Crippen molar-refractivity contribution in [3.63, 3.8) is 0 Å². The van der Waals surface area contributed by atoms with E-state index in [0.717, 1.165) is 5.39 Å². The maximum atomic E-state index is 12.0. The van der Waals surface area contributed by atoms with E-state index in [9.17, 15) is 4.79 Å². The van der Waals surface area contributed by atoms with Gasteiger partial charge in [0.25, 0.3) is 0 Å². The van der Waals surface area contributed by atoms with Gasteiger partial charge in [0.05, 0.1) is 17.5 Å². The second kappa shape index (κ2) is 5.19. The summed E-state index contributed by atoms with van der Waals surface area (Å²) in [4.78, 5) is 20.3. The van der Waals surface area contributed by atoms with Crippen molar-refractivity contribution in [3.8, 4) is 0 Å². The molecule has 0 bridgehead atoms. The second-order valence-corrected chi connectivity index (χ2v) is 5.77. The van der Waals surface area contributed by atoms with Crippen LogP contribution in [0.2, 0.25) is 4.34 Å². The van der Waals surface area contributed by atoms with Gasteiger partial charge in [-0.05, 0) is 19.1 Å². The highest BCUT2D eigenvalue weighted by Crippen LogP contribution is 2.25. The normalized spacial score (nSPS) is 12.0. The molecule has 3 rings (SSSR count). The highest BCUT2D eigenvalue weighted by Gasteiger charge is 2.09. The number of aromatic nitrogens is 1. The molecule has 0 fully saturated rings. The molecule has 0 atom stereocenters. The van der Waals surface area contributed by atoms with E-state index in [1.807, 2.05) is 18.2 Å². The molecule has 0 spiro atoms. The van der Waals surface area contributed by atoms with Crippen molar-refractivity contribution in [2.24, 2.45) is 4.99 Å². The number of fused-ring (bicyclic) bond motifs is 1. The molecule has 0 aliphatic heterocycles. The Morgan fingerprint density at radius 2 is 2.20 bits per heavy atom. The Bertz CT molecular complexity index is 867. The highest BCUT2D eigenvalue weighted by molar-refractivity contribution is 7.19. The van der Waals surface area contributed by atoms with E-state index >= 15 is 0 Å². The number of halogens is 1. The second-order valence-electron chi connectivity index (χ2n) is 4.13. The van der Waals surface area contributed by atoms with E-state index in [1.165, 1.54) is 17.5 Å². The smallest absolute Gasteiger partial charge is 0.345 e. The van der Waals surface area contributed by atoms with Gasteiger partial charge in [-0.2, -0.15) is 0 Å². The van der Waals surface area contributed by atoms with Crippen molar-refractivity contribution < 1.29 is 4.42 Å². The summed E-state index contributed by atoms with van der Waals surface area (Å²) in [5, 5.41) is 1.37. The van der Waals surface area contributed by atoms with Crippen molar-refractivity contribution >= 4 is 44.8 Å². The summed E-state index contributed by atoms with van der Waals surface area (Å²) >= 11 is 7.06. The summed E-state index contributed by atoms with van der Waals surface area (Å²) in [6.07, 6.45) is 1.53. The predicted molar refractivity (Wildman–Crippen MR) is 81.5 cm³/mol. The third kappa shape index (κ3) is 2.50. The minimum absolute atomic E-state index is 0.410. The van der Waals surface area contributed by atoms with Crippen molar-refractivity contribution in [2.45, 2.75) is 6.92 Å². The van der Waals surface area contributed by atoms with Crippen molar-refractivity contribution in [1.29, 1.82) is 0 Å². The summed E-state index contributed by atoms with van der Waals surface area (Å²) in [5.74, 6) is 0. The van der Waals surface area contributed by atoms with Gasteiger partial charge in [-0.15, -0.1) is 0 Å². The Balaban J connectivity index is 2.11. The fourth-order valence-corrected chi connectivity index (χ4v) is 2.64. The van der Waals surface area contributed by atoms with Crippen molar-refractivity contribution in [3.05, 3.63) is 56.8 Å². The van der Waals surface area contributed by atoms with Gasteiger partial charge in [-0.25, -0.2) is 14.8 Å². The molecule has 20 heavy (non-hydrogen) atoms. The minimum Gasteiger partial charge on any atom is -0.422 e. The first-order chi connectivity index (χ1) is 9.63. The predicted octanol–water partition coefficient (Wildman–Crippen LogP) is 4.04. The van der Waals surface area contributed by atoms with E-state index in [2.05, 4.69) is 9.98 Å². The van der Waals surface area contributed by atoms with E-state index < -0.39 is 5.63 Å². The van der Waals surface area contributed by atoms with Crippen LogP contribution in [0.4, 0.5) is 5.13 Å². The average molecular weight is 305 g/mol. The van der Waals surface area contributed by atoms with Crippen LogP contribution in [0.5, 0.6) is 0 Å². The first-order valence-corrected chi connectivity index (χ1v) is 7.03. The SMILES string of the molecule is CC(=Nc1ncc(Cl)s1)c1cc2ccccc2oc1=O. The van der Waals surface area contributed by atoms with Crippen LogP contribution < -0.4 is 5.63 Å².